The van der Waals surface area contributed by atoms with Crippen molar-refractivity contribution in [2.45, 2.75) is 19.9 Å². The van der Waals surface area contributed by atoms with E-state index < -0.39 is 0 Å². The molecule has 0 saturated heterocycles. The van der Waals surface area contributed by atoms with Crippen LogP contribution in [0.5, 0.6) is 0 Å². The molecule has 0 aliphatic rings. The van der Waals surface area contributed by atoms with Crippen LogP contribution in [0.2, 0.25) is 0 Å². The molecule has 0 aliphatic carbocycles. The molecule has 118 valence electrons. The largest absolute Gasteiger partial charge is 0.309 e. The maximum Gasteiger partial charge on any atom is 0.250 e. The van der Waals surface area contributed by atoms with Crippen molar-refractivity contribution >= 4 is 11.7 Å². The highest BCUT2D eigenvalue weighted by Crippen LogP contribution is 2.24. The molecule has 0 saturated carbocycles. The number of rotatable bonds is 4. The molecule has 23 heavy (non-hydrogen) atoms. The zero-order valence-corrected chi connectivity index (χ0v) is 13.4. The third-order valence-electron chi connectivity index (χ3n) is 3.85. The van der Waals surface area contributed by atoms with E-state index in [2.05, 4.69) is 15.5 Å². The van der Waals surface area contributed by atoms with Gasteiger partial charge in [0.05, 0.1) is 5.69 Å². The van der Waals surface area contributed by atoms with Gasteiger partial charge in [-0.2, -0.15) is 10.2 Å². The predicted molar refractivity (Wildman–Crippen MR) is 88.9 cm³/mol. The number of amides is 1. The van der Waals surface area contributed by atoms with Crippen molar-refractivity contribution in [1.82, 2.24) is 19.6 Å². The van der Waals surface area contributed by atoms with Crippen molar-refractivity contribution in [1.29, 1.82) is 0 Å². The lowest BCUT2D eigenvalue weighted by Crippen LogP contribution is -2.25. The van der Waals surface area contributed by atoms with Crippen LogP contribution in [0.1, 0.15) is 18.5 Å². The molecule has 1 atom stereocenters. The Morgan fingerprint density at radius 3 is 2.74 bits per heavy atom. The maximum atomic E-state index is 12.4. The molecule has 3 aromatic rings. The van der Waals surface area contributed by atoms with E-state index in [9.17, 15) is 4.79 Å². The molecular formula is C17H19N5O. The Hall–Kier alpha value is -2.89. The summed E-state index contributed by atoms with van der Waals surface area (Å²) in [5, 5.41) is 11.5. The second-order valence-corrected chi connectivity index (χ2v) is 5.50. The van der Waals surface area contributed by atoms with Crippen LogP contribution in [0.25, 0.3) is 11.3 Å². The normalized spacial score (nSPS) is 12.1. The Morgan fingerprint density at radius 2 is 2.04 bits per heavy atom. The molecule has 6 heteroatoms. The zero-order chi connectivity index (χ0) is 16.4. The van der Waals surface area contributed by atoms with E-state index >= 15 is 0 Å². The van der Waals surface area contributed by atoms with Crippen LogP contribution in [0.3, 0.4) is 0 Å². The lowest BCUT2D eigenvalue weighted by atomic mass is 10.1. The van der Waals surface area contributed by atoms with Gasteiger partial charge in [0.25, 0.3) is 0 Å². The van der Waals surface area contributed by atoms with Gasteiger partial charge >= 0.3 is 0 Å². The summed E-state index contributed by atoms with van der Waals surface area (Å²) in [7, 11) is 1.82. The standard InChI is InChI=1S/C17H19N5O/c1-12-7-4-5-8-14(12)15-11-16(21(3)20-15)19-17(23)13(2)22-10-6-9-18-22/h4-11,13H,1-3H3,(H,19,23)/t13-/m0/s1. The van der Waals surface area contributed by atoms with Crippen LogP contribution in [0.4, 0.5) is 5.82 Å². The molecule has 1 N–H and O–H groups in total. The highest BCUT2D eigenvalue weighted by molar-refractivity contribution is 5.93. The van der Waals surface area contributed by atoms with E-state index in [0.29, 0.717) is 5.82 Å². The van der Waals surface area contributed by atoms with Gasteiger partial charge in [-0.15, -0.1) is 0 Å². The third kappa shape index (κ3) is 3.01. The van der Waals surface area contributed by atoms with Gasteiger partial charge in [-0.1, -0.05) is 24.3 Å². The predicted octanol–water partition coefficient (Wildman–Crippen LogP) is 2.79. The molecule has 1 amide bonds. The molecule has 3 rings (SSSR count). The van der Waals surface area contributed by atoms with Crippen molar-refractivity contribution in [3.8, 4) is 11.3 Å². The number of carbonyl (C=O) groups excluding carboxylic acids is 1. The van der Waals surface area contributed by atoms with Crippen LogP contribution < -0.4 is 5.32 Å². The first-order valence-corrected chi connectivity index (χ1v) is 7.46. The molecule has 0 fully saturated rings. The van der Waals surface area contributed by atoms with Gasteiger partial charge < -0.3 is 5.32 Å². The fraction of sp³-hybridized carbons (Fsp3) is 0.235. The van der Waals surface area contributed by atoms with Crippen LogP contribution in [0, 0.1) is 6.92 Å². The Bertz CT molecular complexity index is 819. The smallest absolute Gasteiger partial charge is 0.250 e. The monoisotopic (exact) mass is 309 g/mol. The Kier molecular flexibility index (Phi) is 3.97. The summed E-state index contributed by atoms with van der Waals surface area (Å²) >= 11 is 0. The summed E-state index contributed by atoms with van der Waals surface area (Å²) in [5.74, 6) is 0.528. The van der Waals surface area contributed by atoms with E-state index in [-0.39, 0.29) is 11.9 Å². The summed E-state index contributed by atoms with van der Waals surface area (Å²) in [6, 6.07) is 11.3. The number of hydrogen-bond acceptors (Lipinski definition) is 3. The maximum absolute atomic E-state index is 12.4. The van der Waals surface area contributed by atoms with Crippen LogP contribution in [-0.4, -0.2) is 25.5 Å². The lowest BCUT2D eigenvalue weighted by molar-refractivity contribution is -0.119. The van der Waals surface area contributed by atoms with Gasteiger partial charge in [-0.05, 0) is 25.5 Å². The van der Waals surface area contributed by atoms with E-state index in [1.807, 2.05) is 44.3 Å². The Labute approximate surface area is 134 Å². The van der Waals surface area contributed by atoms with Crippen molar-refractivity contribution in [2.75, 3.05) is 5.32 Å². The molecular weight excluding hydrogens is 290 g/mol. The molecule has 2 heterocycles. The Balaban J connectivity index is 1.82. The number of nitrogens with zero attached hydrogens (tertiary/aromatic N) is 4. The van der Waals surface area contributed by atoms with E-state index in [4.69, 9.17) is 0 Å². The van der Waals surface area contributed by atoms with Crippen molar-refractivity contribution < 1.29 is 4.79 Å². The quantitative estimate of drug-likeness (QED) is 0.806. The second-order valence-electron chi connectivity index (χ2n) is 5.50. The zero-order valence-electron chi connectivity index (χ0n) is 13.4. The summed E-state index contributed by atoms with van der Waals surface area (Å²) in [6.07, 6.45) is 3.43. The minimum absolute atomic E-state index is 0.131. The molecule has 0 spiro atoms. The molecule has 0 unspecified atom stereocenters. The van der Waals surface area contributed by atoms with Gasteiger partial charge in [0.1, 0.15) is 11.9 Å². The van der Waals surface area contributed by atoms with Crippen molar-refractivity contribution in [3.05, 3.63) is 54.4 Å². The number of aryl methyl sites for hydroxylation is 2. The summed E-state index contributed by atoms with van der Waals surface area (Å²) in [6.45, 7) is 3.85. The first-order chi connectivity index (χ1) is 11.1. The number of carbonyl (C=O) groups is 1. The van der Waals surface area contributed by atoms with Crippen molar-refractivity contribution in [2.24, 2.45) is 7.05 Å². The average Bonchev–Trinajstić information content (AvgIpc) is 3.18. The van der Waals surface area contributed by atoms with Gasteiger partial charge in [-0.25, -0.2) is 0 Å². The van der Waals surface area contributed by atoms with Gasteiger partial charge in [-0.3, -0.25) is 14.2 Å². The van der Waals surface area contributed by atoms with Gasteiger partial charge in [0.2, 0.25) is 5.91 Å². The first kappa shape index (κ1) is 15.0. The number of aromatic nitrogens is 4. The molecule has 0 radical (unpaired) electrons. The minimum atomic E-state index is -0.387. The van der Waals surface area contributed by atoms with Crippen LogP contribution in [-0.2, 0) is 11.8 Å². The molecule has 0 aliphatic heterocycles. The topological polar surface area (TPSA) is 64.7 Å². The SMILES string of the molecule is Cc1ccccc1-c1cc(NC(=O)[C@H](C)n2cccn2)n(C)n1. The summed E-state index contributed by atoms with van der Waals surface area (Å²) in [4.78, 5) is 12.4. The minimum Gasteiger partial charge on any atom is -0.309 e. The highest BCUT2D eigenvalue weighted by atomic mass is 16.2. The second kappa shape index (κ2) is 6.08. The molecule has 1 aromatic carbocycles. The number of hydrogen-bond donors (Lipinski definition) is 1. The molecule has 0 bridgehead atoms. The third-order valence-corrected chi connectivity index (χ3v) is 3.85. The lowest BCUT2D eigenvalue weighted by Gasteiger charge is -2.12. The van der Waals surface area contributed by atoms with Crippen LogP contribution in [0.15, 0.2) is 48.8 Å². The fourth-order valence-electron chi connectivity index (χ4n) is 2.44. The first-order valence-electron chi connectivity index (χ1n) is 7.46. The number of benzene rings is 1. The van der Waals surface area contributed by atoms with E-state index in [0.717, 1.165) is 16.8 Å². The average molecular weight is 309 g/mol. The molecule has 6 nitrogen and oxygen atoms in total. The van der Waals surface area contributed by atoms with E-state index in [1.54, 1.807) is 34.7 Å². The fourth-order valence-corrected chi connectivity index (χ4v) is 2.44. The van der Waals surface area contributed by atoms with Gasteiger partial charge in [0.15, 0.2) is 0 Å². The number of anilines is 1. The highest BCUT2D eigenvalue weighted by Gasteiger charge is 2.17. The number of nitrogens with one attached hydrogen (secondary N) is 1. The van der Waals surface area contributed by atoms with Crippen molar-refractivity contribution in [3.63, 3.8) is 0 Å². The summed E-state index contributed by atoms with van der Waals surface area (Å²) < 4.78 is 3.30. The van der Waals surface area contributed by atoms with E-state index in [1.165, 1.54) is 0 Å². The van der Waals surface area contributed by atoms with Gasteiger partial charge in [0, 0.05) is 31.1 Å². The molecule has 2 aromatic heterocycles. The van der Waals surface area contributed by atoms with Crippen LogP contribution >= 0.6 is 0 Å². The Morgan fingerprint density at radius 1 is 1.26 bits per heavy atom. The summed E-state index contributed by atoms with van der Waals surface area (Å²) in [5.41, 5.74) is 3.05.